The van der Waals surface area contributed by atoms with Gasteiger partial charge in [-0.15, -0.1) is 0 Å². The third kappa shape index (κ3) is 3.89. The Bertz CT molecular complexity index is 450. The summed E-state index contributed by atoms with van der Waals surface area (Å²) in [5.41, 5.74) is 0.824. The third-order valence-electron chi connectivity index (χ3n) is 3.45. The van der Waals surface area contributed by atoms with Gasteiger partial charge in [-0.2, -0.15) is 0 Å². The Balaban J connectivity index is 1.93. The van der Waals surface area contributed by atoms with Crippen LogP contribution in [0.1, 0.15) is 18.4 Å². The summed E-state index contributed by atoms with van der Waals surface area (Å²) in [7, 11) is 1.83. The first kappa shape index (κ1) is 13.7. The van der Waals surface area contributed by atoms with E-state index in [0.717, 1.165) is 31.5 Å². The van der Waals surface area contributed by atoms with Crippen LogP contribution >= 0.6 is 0 Å². The molecule has 1 unspecified atom stereocenters. The van der Waals surface area contributed by atoms with Crippen LogP contribution in [0, 0.1) is 5.82 Å². The summed E-state index contributed by atoms with van der Waals surface area (Å²) >= 11 is 0. The lowest BCUT2D eigenvalue weighted by Crippen LogP contribution is -2.46. The molecule has 1 atom stereocenters. The number of carbonyl (C=O) groups excluding carboxylic acids is 1. The molecule has 19 heavy (non-hydrogen) atoms. The second-order valence-electron chi connectivity index (χ2n) is 4.83. The standard InChI is InChI=1S/C15H19FN2O/c1-18(14-3-2-10-17-11-14)15(19)9-6-12-4-7-13(16)8-5-12/h4-9,14,17H,2-3,10-11H2,1H3. The highest BCUT2D eigenvalue weighted by Gasteiger charge is 2.20. The molecule has 3 nitrogen and oxygen atoms in total. The summed E-state index contributed by atoms with van der Waals surface area (Å²) in [5, 5.41) is 3.29. The zero-order valence-electron chi connectivity index (χ0n) is 11.1. The van der Waals surface area contributed by atoms with Crippen molar-refractivity contribution in [1.82, 2.24) is 10.2 Å². The maximum absolute atomic E-state index is 12.8. The Kier molecular flexibility index (Phi) is 4.68. The first-order valence-corrected chi connectivity index (χ1v) is 6.58. The Morgan fingerprint density at radius 3 is 2.79 bits per heavy atom. The summed E-state index contributed by atoms with van der Waals surface area (Å²) in [6, 6.07) is 6.35. The maximum atomic E-state index is 12.8. The van der Waals surface area contributed by atoms with Crippen molar-refractivity contribution in [2.75, 3.05) is 20.1 Å². The number of carbonyl (C=O) groups is 1. The summed E-state index contributed by atoms with van der Waals surface area (Å²) in [5.74, 6) is -0.285. The molecule has 1 saturated heterocycles. The molecule has 1 N–H and O–H groups in total. The molecule has 0 radical (unpaired) electrons. The van der Waals surface area contributed by atoms with Crippen LogP contribution in [0.25, 0.3) is 6.08 Å². The number of hydrogen-bond acceptors (Lipinski definition) is 2. The Hall–Kier alpha value is -1.68. The molecule has 1 amide bonds. The minimum absolute atomic E-state index is 0.0157. The van der Waals surface area contributed by atoms with Crippen molar-refractivity contribution in [2.24, 2.45) is 0 Å². The van der Waals surface area contributed by atoms with Crippen LogP contribution in [-0.2, 0) is 4.79 Å². The van der Waals surface area contributed by atoms with E-state index in [9.17, 15) is 9.18 Å². The second kappa shape index (κ2) is 6.48. The largest absolute Gasteiger partial charge is 0.338 e. The number of benzene rings is 1. The fourth-order valence-electron chi connectivity index (χ4n) is 2.20. The molecule has 1 aliphatic rings. The van der Waals surface area contributed by atoms with E-state index in [1.54, 1.807) is 29.2 Å². The van der Waals surface area contributed by atoms with E-state index >= 15 is 0 Å². The SMILES string of the molecule is CN(C(=O)C=Cc1ccc(F)cc1)C1CCCNC1. The highest BCUT2D eigenvalue weighted by Crippen LogP contribution is 2.10. The van der Waals surface area contributed by atoms with Gasteiger partial charge in [0.1, 0.15) is 5.82 Å². The van der Waals surface area contributed by atoms with E-state index < -0.39 is 0 Å². The zero-order valence-corrected chi connectivity index (χ0v) is 11.1. The van der Waals surface area contributed by atoms with Gasteiger partial charge in [0.05, 0.1) is 0 Å². The predicted octanol–water partition coefficient (Wildman–Crippen LogP) is 2.05. The van der Waals surface area contributed by atoms with Crippen molar-refractivity contribution in [1.29, 1.82) is 0 Å². The van der Waals surface area contributed by atoms with E-state index in [0.29, 0.717) is 0 Å². The molecule has 0 aliphatic carbocycles. The van der Waals surface area contributed by atoms with E-state index in [-0.39, 0.29) is 17.8 Å². The smallest absolute Gasteiger partial charge is 0.246 e. The van der Waals surface area contributed by atoms with Crippen molar-refractivity contribution in [3.8, 4) is 0 Å². The summed E-state index contributed by atoms with van der Waals surface area (Å²) in [4.78, 5) is 13.8. The van der Waals surface area contributed by atoms with E-state index in [4.69, 9.17) is 0 Å². The minimum atomic E-state index is -0.270. The molecular weight excluding hydrogens is 243 g/mol. The minimum Gasteiger partial charge on any atom is -0.338 e. The fourth-order valence-corrected chi connectivity index (χ4v) is 2.20. The maximum Gasteiger partial charge on any atom is 0.246 e. The van der Waals surface area contributed by atoms with Gasteiger partial charge >= 0.3 is 0 Å². The summed E-state index contributed by atoms with van der Waals surface area (Å²) in [6.07, 6.45) is 5.40. The molecular formula is C15H19FN2O. The lowest BCUT2D eigenvalue weighted by atomic mass is 10.1. The van der Waals surface area contributed by atoms with Gasteiger partial charge < -0.3 is 10.2 Å². The fraction of sp³-hybridized carbons (Fsp3) is 0.400. The summed E-state index contributed by atoms with van der Waals surface area (Å²) < 4.78 is 12.8. The molecule has 1 aromatic carbocycles. The second-order valence-corrected chi connectivity index (χ2v) is 4.83. The van der Waals surface area contributed by atoms with Crippen LogP contribution in [0.4, 0.5) is 4.39 Å². The van der Waals surface area contributed by atoms with Crippen molar-refractivity contribution in [3.63, 3.8) is 0 Å². The van der Waals surface area contributed by atoms with E-state index in [1.807, 2.05) is 7.05 Å². The average molecular weight is 262 g/mol. The average Bonchev–Trinajstić information content (AvgIpc) is 2.46. The number of amides is 1. The van der Waals surface area contributed by atoms with Crippen LogP contribution in [0.5, 0.6) is 0 Å². The number of halogens is 1. The van der Waals surface area contributed by atoms with Gasteiger partial charge in [-0.05, 0) is 43.2 Å². The van der Waals surface area contributed by atoms with Crippen LogP contribution in [0.3, 0.4) is 0 Å². The molecule has 0 bridgehead atoms. The molecule has 1 aliphatic heterocycles. The Morgan fingerprint density at radius 2 is 2.16 bits per heavy atom. The van der Waals surface area contributed by atoms with Crippen LogP contribution in [-0.4, -0.2) is 37.0 Å². The van der Waals surface area contributed by atoms with Crippen molar-refractivity contribution < 1.29 is 9.18 Å². The number of likely N-dealkylation sites (N-methyl/N-ethyl adjacent to an activating group) is 1. The Morgan fingerprint density at radius 1 is 1.42 bits per heavy atom. The monoisotopic (exact) mass is 262 g/mol. The predicted molar refractivity (Wildman–Crippen MR) is 74.1 cm³/mol. The number of nitrogens with one attached hydrogen (secondary N) is 1. The first-order valence-electron chi connectivity index (χ1n) is 6.58. The number of hydrogen-bond donors (Lipinski definition) is 1. The van der Waals surface area contributed by atoms with Gasteiger partial charge in [-0.1, -0.05) is 12.1 Å². The molecule has 4 heteroatoms. The van der Waals surface area contributed by atoms with Crippen molar-refractivity contribution in [2.45, 2.75) is 18.9 Å². The van der Waals surface area contributed by atoms with Gasteiger partial charge in [0, 0.05) is 25.7 Å². The van der Waals surface area contributed by atoms with E-state index in [1.165, 1.54) is 12.1 Å². The van der Waals surface area contributed by atoms with Gasteiger partial charge in [0.2, 0.25) is 5.91 Å². The molecule has 1 heterocycles. The van der Waals surface area contributed by atoms with Crippen LogP contribution in [0.15, 0.2) is 30.3 Å². The lowest BCUT2D eigenvalue weighted by molar-refractivity contribution is -0.127. The van der Waals surface area contributed by atoms with Gasteiger partial charge in [-0.3, -0.25) is 4.79 Å². The molecule has 102 valence electrons. The topological polar surface area (TPSA) is 32.3 Å². The normalized spacial score (nSPS) is 19.6. The third-order valence-corrected chi connectivity index (χ3v) is 3.45. The molecule has 1 fully saturated rings. The number of piperidine rings is 1. The molecule has 0 saturated carbocycles. The lowest BCUT2D eigenvalue weighted by Gasteiger charge is -2.31. The van der Waals surface area contributed by atoms with Crippen molar-refractivity contribution in [3.05, 3.63) is 41.7 Å². The molecule has 0 spiro atoms. The summed E-state index contributed by atoms with van der Waals surface area (Å²) in [6.45, 7) is 1.89. The van der Waals surface area contributed by atoms with Gasteiger partial charge in [-0.25, -0.2) is 4.39 Å². The number of nitrogens with zero attached hydrogens (tertiary/aromatic N) is 1. The highest BCUT2D eigenvalue weighted by atomic mass is 19.1. The van der Waals surface area contributed by atoms with Crippen LogP contribution in [0.2, 0.25) is 0 Å². The first-order chi connectivity index (χ1) is 9.16. The highest BCUT2D eigenvalue weighted by molar-refractivity contribution is 5.91. The van der Waals surface area contributed by atoms with Gasteiger partial charge in [0.15, 0.2) is 0 Å². The molecule has 2 rings (SSSR count). The number of rotatable bonds is 3. The zero-order chi connectivity index (χ0) is 13.7. The molecule has 1 aromatic rings. The van der Waals surface area contributed by atoms with Crippen molar-refractivity contribution >= 4 is 12.0 Å². The Labute approximate surface area is 113 Å². The molecule has 0 aromatic heterocycles. The quantitative estimate of drug-likeness (QED) is 0.846. The van der Waals surface area contributed by atoms with Crippen LogP contribution < -0.4 is 5.32 Å². The van der Waals surface area contributed by atoms with Gasteiger partial charge in [0.25, 0.3) is 0 Å². The van der Waals surface area contributed by atoms with E-state index in [2.05, 4.69) is 5.32 Å².